The van der Waals surface area contributed by atoms with E-state index in [0.29, 0.717) is 23.3 Å². The van der Waals surface area contributed by atoms with Crippen molar-refractivity contribution in [3.63, 3.8) is 0 Å². The molecule has 3 aromatic rings. The zero-order valence-electron chi connectivity index (χ0n) is 32.8. The monoisotopic (exact) mass is 747 g/mol. The summed E-state index contributed by atoms with van der Waals surface area (Å²) in [5.41, 5.74) is 10.2. The van der Waals surface area contributed by atoms with Gasteiger partial charge in [-0.05, 0) is 87.4 Å². The third kappa shape index (κ3) is 8.47. The fourth-order valence-corrected chi connectivity index (χ4v) is 8.74. The summed E-state index contributed by atoms with van der Waals surface area (Å²) in [6.07, 6.45) is 6.38. The average Bonchev–Trinajstić information content (AvgIpc) is 3.77. The summed E-state index contributed by atoms with van der Waals surface area (Å²) >= 11 is 0. The number of guanidine groups is 1. The first kappa shape index (κ1) is 38.3. The molecule has 4 aliphatic rings. The molecule has 3 atom stereocenters. The standard InChI is InChI=1S/C44H55F2N9/c1-28-9-7-8-10-40(48-6)39(23-47)42-19-35(17-29(2)49-42)31(4)50-44-51-41-12-11-33(18-43(41)55(44)24-28)26-52-15-16-54(30(3)25-52)32(5)34-13-14-53(27-34)38-21-36(45)20-37(46)22-38/h11-12,17-23,28,30,34,47-48H,4-5,7-10,13-16,24-27H2,1-3,6H3,(H,50,51)/b40-39+,47-23?/t28-,30?,34?/m1/s1. The third-order valence-electron chi connectivity index (χ3n) is 11.7. The average molecular weight is 748 g/mol. The molecule has 3 N–H and O–H groups in total. The number of hydrogen-bond donors (Lipinski definition) is 3. The van der Waals surface area contributed by atoms with Crippen molar-refractivity contribution in [2.75, 3.05) is 61.4 Å². The van der Waals surface area contributed by atoms with E-state index in [1.54, 1.807) is 0 Å². The zero-order chi connectivity index (χ0) is 38.8. The molecule has 0 aliphatic carbocycles. The van der Waals surface area contributed by atoms with E-state index in [1.165, 1.54) is 23.9 Å². The molecule has 5 heterocycles. The Hall–Kier alpha value is -5.03. The number of nitrogens with zero attached hydrogens (tertiary/aromatic N) is 6. The summed E-state index contributed by atoms with van der Waals surface area (Å²) in [6.45, 7) is 21.4. The Morgan fingerprint density at radius 2 is 1.80 bits per heavy atom. The second-order valence-corrected chi connectivity index (χ2v) is 15.8. The topological polar surface area (TPSA) is 86.1 Å². The van der Waals surface area contributed by atoms with E-state index in [1.807, 2.05) is 26.1 Å². The first-order valence-corrected chi connectivity index (χ1v) is 19.7. The Morgan fingerprint density at radius 1 is 1.00 bits per heavy atom. The van der Waals surface area contributed by atoms with E-state index in [4.69, 9.17) is 15.4 Å². The number of aliphatic imine (C=N–C) groups is 1. The van der Waals surface area contributed by atoms with Crippen molar-refractivity contribution in [3.8, 4) is 0 Å². The van der Waals surface area contributed by atoms with Gasteiger partial charge in [0.2, 0.25) is 5.96 Å². The molecule has 1 aromatic heterocycles. The number of nitrogens with one attached hydrogen (secondary N) is 3. The van der Waals surface area contributed by atoms with Gasteiger partial charge in [-0.1, -0.05) is 32.6 Å². The van der Waals surface area contributed by atoms with E-state index in [-0.39, 0.29) is 5.92 Å². The summed E-state index contributed by atoms with van der Waals surface area (Å²) in [6, 6.07) is 14.8. The van der Waals surface area contributed by atoms with Gasteiger partial charge in [0.05, 0.1) is 22.8 Å². The number of fused-ring (bicyclic) bond motifs is 5. The van der Waals surface area contributed by atoms with Gasteiger partial charge in [-0.3, -0.25) is 9.88 Å². The molecular weight excluding hydrogens is 693 g/mol. The quantitative estimate of drug-likeness (QED) is 0.210. The first-order chi connectivity index (χ1) is 26.5. The molecular formula is C44H55F2N9. The number of rotatable bonds is 7. The van der Waals surface area contributed by atoms with Crippen LogP contribution in [0.15, 0.2) is 78.1 Å². The number of hydrogen-bond acceptors (Lipinski definition) is 9. The Labute approximate surface area is 325 Å². The minimum absolute atomic E-state index is 0.253. The lowest BCUT2D eigenvalue weighted by molar-refractivity contribution is 0.0974. The number of halogens is 2. The first-order valence-electron chi connectivity index (χ1n) is 19.7. The van der Waals surface area contributed by atoms with Crippen LogP contribution in [0.3, 0.4) is 0 Å². The zero-order valence-corrected chi connectivity index (χ0v) is 32.8. The number of pyridine rings is 1. The summed E-state index contributed by atoms with van der Waals surface area (Å²) in [7, 11) is 1.93. The fourth-order valence-electron chi connectivity index (χ4n) is 8.74. The van der Waals surface area contributed by atoms with E-state index in [0.717, 1.165) is 135 Å². The normalized spacial score (nSPS) is 24.6. The molecule has 2 bridgehead atoms. The van der Waals surface area contributed by atoms with Crippen molar-refractivity contribution in [2.45, 2.75) is 65.5 Å². The second-order valence-electron chi connectivity index (χ2n) is 15.8. The Bertz CT molecular complexity index is 2000. The van der Waals surface area contributed by atoms with Gasteiger partial charge in [-0.2, -0.15) is 0 Å². The summed E-state index contributed by atoms with van der Waals surface area (Å²) in [4.78, 5) is 19.3. The lowest BCUT2D eigenvalue weighted by atomic mass is 9.99. The van der Waals surface area contributed by atoms with Crippen LogP contribution in [0.5, 0.6) is 0 Å². The van der Waals surface area contributed by atoms with Crippen molar-refractivity contribution in [1.82, 2.24) is 20.1 Å². The number of aryl methyl sites for hydroxylation is 1. The molecule has 2 saturated heterocycles. The van der Waals surface area contributed by atoms with Crippen LogP contribution in [0.2, 0.25) is 0 Å². The maximum absolute atomic E-state index is 13.9. The molecule has 0 radical (unpaired) electrons. The summed E-state index contributed by atoms with van der Waals surface area (Å²) < 4.78 is 27.8. The van der Waals surface area contributed by atoms with Crippen LogP contribution in [-0.4, -0.2) is 79.3 Å². The molecule has 4 aliphatic heterocycles. The molecule has 2 aromatic carbocycles. The highest BCUT2D eigenvalue weighted by Gasteiger charge is 2.33. The summed E-state index contributed by atoms with van der Waals surface area (Å²) in [5, 5.41) is 15.2. The molecule has 55 heavy (non-hydrogen) atoms. The van der Waals surface area contributed by atoms with E-state index >= 15 is 0 Å². The number of aromatic nitrogens is 1. The molecule has 11 heteroatoms. The third-order valence-corrected chi connectivity index (χ3v) is 11.7. The minimum Gasteiger partial charge on any atom is -0.391 e. The van der Waals surface area contributed by atoms with Gasteiger partial charge in [-0.25, -0.2) is 13.8 Å². The largest absolute Gasteiger partial charge is 0.391 e. The molecule has 7 rings (SSSR count). The van der Waals surface area contributed by atoms with Crippen molar-refractivity contribution in [3.05, 3.63) is 107 Å². The highest BCUT2D eigenvalue weighted by atomic mass is 19.1. The predicted octanol–water partition coefficient (Wildman–Crippen LogP) is 8.26. The maximum atomic E-state index is 13.9. The number of anilines is 3. The molecule has 0 spiro atoms. The molecule has 0 amide bonds. The van der Waals surface area contributed by atoms with Gasteiger partial charge in [0, 0.05) is 111 Å². The molecule has 9 nitrogen and oxygen atoms in total. The van der Waals surface area contributed by atoms with E-state index in [2.05, 4.69) is 75.4 Å². The lowest BCUT2D eigenvalue weighted by Crippen LogP contribution is -2.51. The van der Waals surface area contributed by atoms with Crippen LogP contribution in [0.4, 0.5) is 25.8 Å². The van der Waals surface area contributed by atoms with E-state index in [9.17, 15) is 8.78 Å². The van der Waals surface area contributed by atoms with Gasteiger partial charge in [0.1, 0.15) is 11.6 Å². The van der Waals surface area contributed by atoms with Crippen LogP contribution in [0, 0.1) is 35.8 Å². The van der Waals surface area contributed by atoms with Crippen LogP contribution in [-0.2, 0) is 6.54 Å². The van der Waals surface area contributed by atoms with Crippen molar-refractivity contribution < 1.29 is 8.78 Å². The van der Waals surface area contributed by atoms with Gasteiger partial charge >= 0.3 is 0 Å². The molecule has 0 saturated carbocycles. The Balaban J connectivity index is 1.05. The lowest BCUT2D eigenvalue weighted by Gasteiger charge is -2.43. The van der Waals surface area contributed by atoms with Crippen LogP contribution >= 0.6 is 0 Å². The summed E-state index contributed by atoms with van der Waals surface area (Å²) in [5.74, 6) is 0.378. The van der Waals surface area contributed by atoms with Crippen molar-refractivity contribution in [2.24, 2.45) is 16.8 Å². The van der Waals surface area contributed by atoms with Gasteiger partial charge < -0.3 is 30.7 Å². The molecule has 2 unspecified atom stereocenters. The van der Waals surface area contributed by atoms with Crippen LogP contribution in [0.25, 0.3) is 11.3 Å². The van der Waals surface area contributed by atoms with Gasteiger partial charge in [-0.15, -0.1) is 0 Å². The predicted molar refractivity (Wildman–Crippen MR) is 223 cm³/mol. The van der Waals surface area contributed by atoms with Gasteiger partial charge in [0.15, 0.2) is 0 Å². The van der Waals surface area contributed by atoms with Crippen LogP contribution < -0.4 is 20.4 Å². The Morgan fingerprint density at radius 3 is 2.55 bits per heavy atom. The maximum Gasteiger partial charge on any atom is 0.208 e. The molecule has 290 valence electrons. The SMILES string of the molecule is C=C1/N=C2\Nc3ccc(CN4CCN(C(=C)C5CCN(c6cc(F)cc(F)c6)C5)C(C)C4)cc3N2C[C@H](C)CCCC/C(NC)=C(/C=N)c2cc1cc(C)n2. The Kier molecular flexibility index (Phi) is 11.4. The fraction of sp³-hybridized carbons (Fsp3) is 0.432. The van der Waals surface area contributed by atoms with Crippen molar-refractivity contribution in [1.29, 1.82) is 5.41 Å². The number of benzene rings is 2. The van der Waals surface area contributed by atoms with E-state index < -0.39 is 11.6 Å². The number of piperazine rings is 1. The second kappa shape index (κ2) is 16.4. The smallest absolute Gasteiger partial charge is 0.208 e. The van der Waals surface area contributed by atoms with Crippen molar-refractivity contribution >= 4 is 40.5 Å². The highest BCUT2D eigenvalue weighted by Crippen LogP contribution is 2.37. The highest BCUT2D eigenvalue weighted by molar-refractivity contribution is 6.16. The number of allylic oxidation sites excluding steroid dienone is 2. The van der Waals surface area contributed by atoms with Gasteiger partial charge in [0.25, 0.3) is 0 Å². The molecule has 2 fully saturated rings. The van der Waals surface area contributed by atoms with Crippen LogP contribution in [0.1, 0.15) is 68.5 Å². The minimum atomic E-state index is -0.542.